The smallest absolute Gasteiger partial charge is 0.270 e. The average Bonchev–Trinajstić information content (AvgIpc) is 3.00. The number of nitrogens with two attached hydrogens (primary N) is 1. The quantitative estimate of drug-likeness (QED) is 0.569. The molecule has 0 saturated heterocycles. The largest absolute Gasteiger partial charge is 0.468 e. The van der Waals surface area contributed by atoms with Crippen molar-refractivity contribution < 1.29 is 17.8 Å². The highest BCUT2D eigenvalue weighted by Gasteiger charge is 2.21. The summed E-state index contributed by atoms with van der Waals surface area (Å²) in [6.07, 6.45) is 1.55. The van der Waals surface area contributed by atoms with Gasteiger partial charge in [-0.1, -0.05) is 0 Å². The van der Waals surface area contributed by atoms with E-state index in [1.807, 2.05) is 25.1 Å². The van der Waals surface area contributed by atoms with Gasteiger partial charge in [0.05, 0.1) is 22.9 Å². The van der Waals surface area contributed by atoms with Crippen LogP contribution in [0.5, 0.6) is 0 Å². The second kappa shape index (κ2) is 6.99. The predicted molar refractivity (Wildman–Crippen MR) is 88.1 cm³/mol. The minimum absolute atomic E-state index is 0.163. The van der Waals surface area contributed by atoms with E-state index in [4.69, 9.17) is 9.56 Å². The topological polar surface area (TPSA) is 132 Å². The monoisotopic (exact) mass is 354 g/mol. The highest BCUT2D eigenvalue weighted by atomic mass is 32.2. The molecule has 1 unspecified atom stereocenters. The second-order valence-electron chi connectivity index (χ2n) is 5.36. The molecule has 1 heterocycles. The van der Waals surface area contributed by atoms with Crippen molar-refractivity contribution in [2.45, 2.75) is 10.9 Å². The first-order valence-corrected chi connectivity index (χ1v) is 8.49. The minimum atomic E-state index is -4.12. The van der Waals surface area contributed by atoms with Crippen molar-refractivity contribution in [2.75, 3.05) is 26.0 Å². The number of furan rings is 1. The van der Waals surface area contributed by atoms with E-state index in [0.29, 0.717) is 12.3 Å². The molecule has 0 saturated carbocycles. The summed E-state index contributed by atoms with van der Waals surface area (Å²) >= 11 is 0. The molecule has 0 fully saturated rings. The Morgan fingerprint density at radius 3 is 2.58 bits per heavy atom. The van der Waals surface area contributed by atoms with Crippen LogP contribution in [0.25, 0.3) is 0 Å². The maximum absolute atomic E-state index is 11.7. The van der Waals surface area contributed by atoms with E-state index < -0.39 is 14.9 Å². The van der Waals surface area contributed by atoms with Crippen LogP contribution in [0.1, 0.15) is 11.8 Å². The minimum Gasteiger partial charge on any atom is -0.468 e. The molecule has 0 aliphatic rings. The summed E-state index contributed by atoms with van der Waals surface area (Å²) in [7, 11) is -0.410. The summed E-state index contributed by atoms with van der Waals surface area (Å²) in [5, 5.41) is 19.0. The van der Waals surface area contributed by atoms with Crippen LogP contribution < -0.4 is 10.5 Å². The predicted octanol–water partition coefficient (Wildman–Crippen LogP) is 1.55. The Labute approximate surface area is 139 Å². The zero-order valence-electron chi connectivity index (χ0n) is 13.2. The molecular weight excluding hydrogens is 336 g/mol. The van der Waals surface area contributed by atoms with E-state index >= 15 is 0 Å². The molecule has 0 radical (unpaired) electrons. The SMILES string of the molecule is CN(C)C(CNc1ccc([N+](=O)[O-])cc1S(N)(=O)=O)c1ccco1. The third-order valence-corrected chi connectivity index (χ3v) is 4.41. The number of nitrogens with zero attached hydrogens (tertiary/aromatic N) is 2. The van der Waals surface area contributed by atoms with Crippen LogP contribution in [0.3, 0.4) is 0 Å². The van der Waals surface area contributed by atoms with Crippen LogP contribution in [0.2, 0.25) is 0 Å². The van der Waals surface area contributed by atoms with E-state index in [2.05, 4.69) is 5.32 Å². The lowest BCUT2D eigenvalue weighted by Gasteiger charge is -2.23. The van der Waals surface area contributed by atoms with Crippen molar-refractivity contribution in [1.29, 1.82) is 0 Å². The standard InChI is InChI=1S/C14H18N4O5S/c1-17(2)12(13-4-3-7-23-13)9-16-11-6-5-10(18(19)20)8-14(11)24(15,21)22/h3-8,12,16H,9H2,1-2H3,(H2,15,21,22). The molecule has 2 aromatic rings. The van der Waals surface area contributed by atoms with Gasteiger partial charge in [-0.05, 0) is 32.3 Å². The molecule has 1 atom stereocenters. The van der Waals surface area contributed by atoms with Gasteiger partial charge in [0.15, 0.2) is 0 Å². The second-order valence-corrected chi connectivity index (χ2v) is 6.89. The lowest BCUT2D eigenvalue weighted by molar-refractivity contribution is -0.385. The highest BCUT2D eigenvalue weighted by Crippen LogP contribution is 2.27. The van der Waals surface area contributed by atoms with Crippen LogP contribution in [0.4, 0.5) is 11.4 Å². The Morgan fingerprint density at radius 1 is 1.38 bits per heavy atom. The van der Waals surface area contributed by atoms with E-state index in [-0.39, 0.29) is 22.3 Å². The average molecular weight is 354 g/mol. The number of sulfonamides is 1. The van der Waals surface area contributed by atoms with Gasteiger partial charge in [0.2, 0.25) is 10.0 Å². The first kappa shape index (κ1) is 17.9. The van der Waals surface area contributed by atoms with Gasteiger partial charge in [-0.3, -0.25) is 15.0 Å². The number of nitrogens with one attached hydrogen (secondary N) is 1. The molecule has 9 nitrogen and oxygen atoms in total. The van der Waals surface area contributed by atoms with Gasteiger partial charge in [-0.2, -0.15) is 0 Å². The number of likely N-dealkylation sites (N-methyl/N-ethyl adjacent to an activating group) is 1. The van der Waals surface area contributed by atoms with E-state index in [9.17, 15) is 18.5 Å². The third kappa shape index (κ3) is 4.10. The van der Waals surface area contributed by atoms with Gasteiger partial charge in [-0.25, -0.2) is 13.6 Å². The fourth-order valence-electron chi connectivity index (χ4n) is 2.23. The van der Waals surface area contributed by atoms with Gasteiger partial charge in [0.25, 0.3) is 5.69 Å². The maximum atomic E-state index is 11.7. The summed E-state index contributed by atoms with van der Waals surface area (Å²) < 4.78 is 28.8. The molecule has 130 valence electrons. The zero-order valence-corrected chi connectivity index (χ0v) is 14.0. The Hall–Kier alpha value is -2.43. The molecule has 2 rings (SSSR count). The molecule has 0 spiro atoms. The number of rotatable bonds is 7. The number of primary sulfonamides is 1. The van der Waals surface area contributed by atoms with Crippen molar-refractivity contribution in [2.24, 2.45) is 5.14 Å². The van der Waals surface area contributed by atoms with E-state index in [0.717, 1.165) is 6.07 Å². The van der Waals surface area contributed by atoms with E-state index in [1.165, 1.54) is 12.1 Å². The van der Waals surface area contributed by atoms with Crippen molar-refractivity contribution in [1.82, 2.24) is 4.90 Å². The molecule has 3 N–H and O–H groups in total. The van der Waals surface area contributed by atoms with Crippen LogP contribution in [0.15, 0.2) is 45.9 Å². The molecule has 1 aromatic carbocycles. The number of nitro groups is 1. The number of anilines is 1. The molecular formula is C14H18N4O5S. The molecule has 0 aliphatic heterocycles. The zero-order chi connectivity index (χ0) is 17.9. The van der Waals surface area contributed by atoms with Crippen molar-refractivity contribution in [3.05, 3.63) is 52.5 Å². The molecule has 0 amide bonds. The van der Waals surface area contributed by atoms with Crippen molar-refractivity contribution in [3.63, 3.8) is 0 Å². The summed E-state index contributed by atoms with van der Waals surface area (Å²) in [5.41, 5.74) is -0.152. The fourth-order valence-corrected chi connectivity index (χ4v) is 2.96. The van der Waals surface area contributed by atoms with Crippen LogP contribution in [0, 0.1) is 10.1 Å². The van der Waals surface area contributed by atoms with Crippen molar-refractivity contribution >= 4 is 21.4 Å². The number of hydrogen-bond donors (Lipinski definition) is 2. The first-order valence-electron chi connectivity index (χ1n) is 6.95. The van der Waals surface area contributed by atoms with Crippen molar-refractivity contribution in [3.8, 4) is 0 Å². The molecule has 24 heavy (non-hydrogen) atoms. The summed E-state index contributed by atoms with van der Waals surface area (Å²) in [5.74, 6) is 0.701. The Bertz CT molecular complexity index is 818. The first-order chi connectivity index (χ1) is 11.2. The summed E-state index contributed by atoms with van der Waals surface area (Å²) in [6.45, 7) is 0.320. The number of hydrogen-bond acceptors (Lipinski definition) is 7. The lowest BCUT2D eigenvalue weighted by atomic mass is 10.2. The third-order valence-electron chi connectivity index (χ3n) is 3.46. The van der Waals surface area contributed by atoms with Crippen LogP contribution >= 0.6 is 0 Å². The summed E-state index contributed by atoms with van der Waals surface area (Å²) in [4.78, 5) is 11.7. The van der Waals surface area contributed by atoms with Gasteiger partial charge in [0.1, 0.15) is 10.7 Å². The molecule has 1 aromatic heterocycles. The molecule has 0 bridgehead atoms. The Balaban J connectivity index is 2.30. The lowest BCUT2D eigenvalue weighted by Crippen LogP contribution is -2.27. The number of benzene rings is 1. The normalized spacial score (nSPS) is 13.0. The summed E-state index contributed by atoms with van der Waals surface area (Å²) in [6, 6.07) is 6.88. The van der Waals surface area contributed by atoms with Gasteiger partial charge >= 0.3 is 0 Å². The van der Waals surface area contributed by atoms with E-state index in [1.54, 1.807) is 12.3 Å². The van der Waals surface area contributed by atoms with Gasteiger partial charge < -0.3 is 9.73 Å². The van der Waals surface area contributed by atoms with Crippen LogP contribution in [-0.4, -0.2) is 38.9 Å². The molecule has 10 heteroatoms. The number of nitro benzene ring substituents is 1. The van der Waals surface area contributed by atoms with Gasteiger partial charge in [-0.15, -0.1) is 0 Å². The Morgan fingerprint density at radius 2 is 2.08 bits per heavy atom. The Kier molecular flexibility index (Phi) is 5.22. The molecule has 0 aliphatic carbocycles. The fraction of sp³-hybridized carbons (Fsp3) is 0.286. The van der Waals surface area contributed by atoms with Crippen LogP contribution in [-0.2, 0) is 10.0 Å². The number of non-ortho nitro benzene ring substituents is 1. The highest BCUT2D eigenvalue weighted by molar-refractivity contribution is 7.89. The maximum Gasteiger partial charge on any atom is 0.270 e. The van der Waals surface area contributed by atoms with Gasteiger partial charge in [0, 0.05) is 18.7 Å².